The molecule has 6 nitrogen and oxygen atoms in total. The molecule has 0 aliphatic heterocycles. The first kappa shape index (κ1) is 22.7. The van der Waals surface area contributed by atoms with Gasteiger partial charge in [0.05, 0.1) is 32.5 Å². The van der Waals surface area contributed by atoms with E-state index >= 15 is 0 Å². The molecule has 0 aliphatic rings. The molecule has 1 atom stereocenters. The molecule has 1 rings (SSSR count). The summed E-state index contributed by atoms with van der Waals surface area (Å²) in [6, 6.07) is 9.11. The summed E-state index contributed by atoms with van der Waals surface area (Å²) in [6.07, 6.45) is 5.31. The maximum Gasteiger partial charge on any atom is 0.350 e. The minimum Gasteiger partial charge on any atom is -0.463 e. The van der Waals surface area contributed by atoms with Crippen LogP contribution in [0.3, 0.4) is 0 Å². The van der Waals surface area contributed by atoms with Crippen LogP contribution in [0.5, 0.6) is 0 Å². The van der Waals surface area contributed by atoms with Gasteiger partial charge in [-0.15, -0.1) is 12.3 Å². The molecule has 0 amide bonds. The Labute approximate surface area is 161 Å². The zero-order valence-corrected chi connectivity index (χ0v) is 16.2. The third kappa shape index (κ3) is 7.05. The van der Waals surface area contributed by atoms with E-state index in [0.717, 1.165) is 5.56 Å². The third-order valence-electron chi connectivity index (χ3n) is 3.72. The molecule has 0 bridgehead atoms. The van der Waals surface area contributed by atoms with Crippen LogP contribution < -0.4 is 0 Å². The molecule has 148 valence electrons. The van der Waals surface area contributed by atoms with Crippen molar-refractivity contribution in [1.82, 2.24) is 0 Å². The Bertz CT molecular complexity index is 601. The molecule has 0 saturated heterocycles. The van der Waals surface area contributed by atoms with Gasteiger partial charge in [-0.3, -0.25) is 0 Å². The molecule has 0 N–H and O–H groups in total. The average Bonchev–Trinajstić information content (AvgIpc) is 2.66. The van der Waals surface area contributed by atoms with Crippen molar-refractivity contribution >= 4 is 11.9 Å². The summed E-state index contributed by atoms with van der Waals surface area (Å²) < 4.78 is 21.7. The maximum absolute atomic E-state index is 12.7. The van der Waals surface area contributed by atoms with Gasteiger partial charge in [0.25, 0.3) is 5.60 Å². The molecular weight excluding hydrogens is 348 g/mol. The van der Waals surface area contributed by atoms with Crippen molar-refractivity contribution < 1.29 is 28.5 Å². The summed E-state index contributed by atoms with van der Waals surface area (Å²) in [6.45, 7) is 5.73. The van der Waals surface area contributed by atoms with Crippen molar-refractivity contribution in [3.05, 3.63) is 35.9 Å². The zero-order chi connectivity index (χ0) is 20.1. The van der Waals surface area contributed by atoms with E-state index in [-0.39, 0.29) is 32.3 Å². The second-order valence-electron chi connectivity index (χ2n) is 5.88. The molecule has 6 heteroatoms. The van der Waals surface area contributed by atoms with E-state index < -0.39 is 17.5 Å². The molecule has 0 spiro atoms. The van der Waals surface area contributed by atoms with Crippen molar-refractivity contribution in [1.29, 1.82) is 0 Å². The first-order valence-electron chi connectivity index (χ1n) is 9.07. The van der Waals surface area contributed by atoms with Gasteiger partial charge >= 0.3 is 11.9 Å². The highest BCUT2D eigenvalue weighted by Crippen LogP contribution is 2.23. The lowest BCUT2D eigenvalue weighted by Crippen LogP contribution is -2.54. The molecule has 1 aromatic carbocycles. The van der Waals surface area contributed by atoms with Crippen LogP contribution in [0.2, 0.25) is 0 Å². The van der Waals surface area contributed by atoms with Gasteiger partial charge in [-0.1, -0.05) is 30.3 Å². The summed E-state index contributed by atoms with van der Waals surface area (Å²) in [5, 5.41) is 0. The zero-order valence-electron chi connectivity index (χ0n) is 16.2. The van der Waals surface area contributed by atoms with Crippen LogP contribution in [-0.2, 0) is 35.0 Å². The third-order valence-corrected chi connectivity index (χ3v) is 3.72. The normalized spacial score (nSPS) is 12.1. The number of carbonyl (C=O) groups is 2. The van der Waals surface area contributed by atoms with Crippen LogP contribution in [0, 0.1) is 12.3 Å². The lowest BCUT2D eigenvalue weighted by molar-refractivity contribution is -0.194. The average molecular weight is 376 g/mol. The number of esters is 2. The van der Waals surface area contributed by atoms with E-state index in [9.17, 15) is 9.59 Å². The van der Waals surface area contributed by atoms with Crippen molar-refractivity contribution in [2.75, 3.05) is 26.4 Å². The van der Waals surface area contributed by atoms with Gasteiger partial charge in [-0.2, -0.15) is 0 Å². The monoisotopic (exact) mass is 376 g/mol. The molecule has 0 fully saturated rings. The van der Waals surface area contributed by atoms with Crippen molar-refractivity contribution in [2.45, 2.75) is 45.3 Å². The Morgan fingerprint density at radius 3 is 2.22 bits per heavy atom. The number of hydrogen-bond acceptors (Lipinski definition) is 6. The predicted octanol–water partition coefficient (Wildman–Crippen LogP) is 2.54. The van der Waals surface area contributed by atoms with Gasteiger partial charge in [0.15, 0.2) is 0 Å². The minimum atomic E-state index is -1.89. The standard InChI is InChI=1S/C21H28O6/c1-5-8-14-26-17(4)16-27-21(19(22)24-6-2,20(23)25-7-3)15-18-12-10-9-11-13-18/h1,9-13,17H,6-8,14-16H2,2-4H3. The lowest BCUT2D eigenvalue weighted by Gasteiger charge is -2.30. The smallest absolute Gasteiger partial charge is 0.350 e. The fourth-order valence-electron chi connectivity index (χ4n) is 2.40. The van der Waals surface area contributed by atoms with Crippen molar-refractivity contribution in [3.63, 3.8) is 0 Å². The van der Waals surface area contributed by atoms with E-state index in [4.69, 9.17) is 25.4 Å². The summed E-state index contributed by atoms with van der Waals surface area (Å²) in [7, 11) is 0. The maximum atomic E-state index is 12.7. The van der Waals surface area contributed by atoms with Crippen LogP contribution in [-0.4, -0.2) is 50.1 Å². The SMILES string of the molecule is C#CCCOC(C)COC(Cc1ccccc1)(C(=O)OCC)C(=O)OCC. The van der Waals surface area contributed by atoms with E-state index in [1.165, 1.54) is 0 Å². The Hall–Kier alpha value is -2.36. The molecular formula is C21H28O6. The molecule has 0 heterocycles. The van der Waals surface area contributed by atoms with E-state index in [0.29, 0.717) is 13.0 Å². The van der Waals surface area contributed by atoms with Gasteiger partial charge in [0, 0.05) is 12.8 Å². The van der Waals surface area contributed by atoms with Crippen LogP contribution in [0.15, 0.2) is 30.3 Å². The Morgan fingerprint density at radius 2 is 1.70 bits per heavy atom. The topological polar surface area (TPSA) is 71.1 Å². The van der Waals surface area contributed by atoms with Crippen LogP contribution >= 0.6 is 0 Å². The fraction of sp³-hybridized carbons (Fsp3) is 0.524. The van der Waals surface area contributed by atoms with Crippen LogP contribution in [0.1, 0.15) is 32.8 Å². The van der Waals surface area contributed by atoms with Gasteiger partial charge < -0.3 is 18.9 Å². The van der Waals surface area contributed by atoms with Gasteiger partial charge in [0.2, 0.25) is 0 Å². The van der Waals surface area contributed by atoms with E-state index in [1.54, 1.807) is 20.8 Å². The van der Waals surface area contributed by atoms with Crippen molar-refractivity contribution in [3.8, 4) is 12.3 Å². The molecule has 0 radical (unpaired) electrons. The fourth-order valence-corrected chi connectivity index (χ4v) is 2.40. The number of ether oxygens (including phenoxy) is 4. The molecule has 0 aliphatic carbocycles. The Morgan fingerprint density at radius 1 is 1.11 bits per heavy atom. The Kier molecular flexibility index (Phi) is 10.2. The Balaban J connectivity index is 3.07. The van der Waals surface area contributed by atoms with Crippen LogP contribution in [0.4, 0.5) is 0 Å². The van der Waals surface area contributed by atoms with Gasteiger partial charge in [0.1, 0.15) is 0 Å². The highest BCUT2D eigenvalue weighted by molar-refractivity contribution is 6.04. The number of hydrogen-bond donors (Lipinski definition) is 0. The van der Waals surface area contributed by atoms with Crippen molar-refractivity contribution in [2.24, 2.45) is 0 Å². The molecule has 0 saturated carbocycles. The highest BCUT2D eigenvalue weighted by Gasteiger charge is 2.51. The molecule has 0 aromatic heterocycles. The quantitative estimate of drug-likeness (QED) is 0.242. The summed E-state index contributed by atoms with van der Waals surface area (Å²) in [5.41, 5.74) is -1.14. The summed E-state index contributed by atoms with van der Waals surface area (Å²) in [5.74, 6) is 0.934. The first-order chi connectivity index (χ1) is 13.0. The number of carbonyl (C=O) groups excluding carboxylic acids is 2. The summed E-state index contributed by atoms with van der Waals surface area (Å²) >= 11 is 0. The second kappa shape index (κ2) is 12.1. The number of rotatable bonds is 12. The first-order valence-corrected chi connectivity index (χ1v) is 9.07. The number of benzene rings is 1. The van der Waals surface area contributed by atoms with Crippen LogP contribution in [0.25, 0.3) is 0 Å². The minimum absolute atomic E-state index is 0.00256. The summed E-state index contributed by atoms with van der Waals surface area (Å²) in [4.78, 5) is 25.5. The highest BCUT2D eigenvalue weighted by atomic mass is 16.6. The lowest BCUT2D eigenvalue weighted by atomic mass is 9.94. The second-order valence-corrected chi connectivity index (χ2v) is 5.88. The predicted molar refractivity (Wildman–Crippen MR) is 101 cm³/mol. The molecule has 27 heavy (non-hydrogen) atoms. The number of terminal acetylenes is 1. The molecule has 1 aromatic rings. The van der Waals surface area contributed by atoms with Gasteiger partial charge in [-0.25, -0.2) is 9.59 Å². The molecule has 1 unspecified atom stereocenters. The van der Waals surface area contributed by atoms with Gasteiger partial charge in [-0.05, 0) is 26.3 Å². The largest absolute Gasteiger partial charge is 0.463 e. The van der Waals surface area contributed by atoms with E-state index in [2.05, 4.69) is 5.92 Å². The van der Waals surface area contributed by atoms with E-state index in [1.807, 2.05) is 30.3 Å².